The van der Waals surface area contributed by atoms with Crippen LogP contribution in [-0.4, -0.2) is 10.3 Å². The summed E-state index contributed by atoms with van der Waals surface area (Å²) in [5.74, 6) is 0.691. The first-order chi connectivity index (χ1) is 9.52. The zero-order valence-electron chi connectivity index (χ0n) is 10.4. The largest absolute Gasteiger partial charge is 0.417 e. The maximum Gasteiger partial charge on any atom is 0.417 e. The third-order valence-electron chi connectivity index (χ3n) is 3.41. The Balaban J connectivity index is 2.14. The highest BCUT2D eigenvalue weighted by Gasteiger charge is 2.37. The Morgan fingerprint density at radius 1 is 1.25 bits per heavy atom. The van der Waals surface area contributed by atoms with Crippen LogP contribution in [0.15, 0.2) is 28.8 Å². The minimum Gasteiger partial charge on any atom is -0.391 e. The van der Waals surface area contributed by atoms with Crippen molar-refractivity contribution in [3.05, 3.63) is 41.2 Å². The molecule has 20 heavy (non-hydrogen) atoms. The van der Waals surface area contributed by atoms with Crippen LogP contribution in [0.4, 0.5) is 13.2 Å². The van der Waals surface area contributed by atoms with Gasteiger partial charge < -0.3 is 9.63 Å². The van der Waals surface area contributed by atoms with Crippen LogP contribution in [0.5, 0.6) is 0 Å². The molecule has 0 atom stereocenters. The van der Waals surface area contributed by atoms with Gasteiger partial charge in [-0.1, -0.05) is 23.4 Å². The second kappa shape index (κ2) is 4.63. The molecule has 1 saturated carbocycles. The van der Waals surface area contributed by atoms with Gasteiger partial charge in [-0.25, -0.2) is 0 Å². The molecule has 1 aromatic heterocycles. The SMILES string of the molecule is OCc1c(-c2ccccc2C(F)(F)F)noc1C1CC1. The monoisotopic (exact) mass is 283 g/mol. The lowest BCUT2D eigenvalue weighted by Gasteiger charge is -2.11. The van der Waals surface area contributed by atoms with Crippen molar-refractivity contribution >= 4 is 0 Å². The van der Waals surface area contributed by atoms with Crippen LogP contribution in [0, 0.1) is 0 Å². The highest BCUT2D eigenvalue weighted by molar-refractivity contribution is 5.68. The molecule has 3 nitrogen and oxygen atoms in total. The third-order valence-corrected chi connectivity index (χ3v) is 3.41. The molecular weight excluding hydrogens is 271 g/mol. The van der Waals surface area contributed by atoms with Gasteiger partial charge in [-0.2, -0.15) is 13.2 Å². The first-order valence-electron chi connectivity index (χ1n) is 6.28. The summed E-state index contributed by atoms with van der Waals surface area (Å²) in [7, 11) is 0. The van der Waals surface area contributed by atoms with E-state index in [-0.39, 0.29) is 23.8 Å². The van der Waals surface area contributed by atoms with Crippen LogP contribution in [0.25, 0.3) is 11.3 Å². The van der Waals surface area contributed by atoms with E-state index in [1.54, 1.807) is 0 Å². The predicted octanol–water partition coefficient (Wildman–Crippen LogP) is 3.73. The predicted molar refractivity (Wildman–Crippen MR) is 64.8 cm³/mol. The van der Waals surface area contributed by atoms with E-state index < -0.39 is 11.7 Å². The molecule has 1 aliphatic carbocycles. The fraction of sp³-hybridized carbons (Fsp3) is 0.357. The van der Waals surface area contributed by atoms with Crippen LogP contribution in [0.3, 0.4) is 0 Å². The molecule has 1 N–H and O–H groups in total. The summed E-state index contributed by atoms with van der Waals surface area (Å²) in [6.45, 7) is -0.378. The summed E-state index contributed by atoms with van der Waals surface area (Å²) in [4.78, 5) is 0. The Morgan fingerprint density at radius 3 is 2.55 bits per heavy atom. The standard InChI is InChI=1S/C14H12F3NO2/c15-14(16,17)11-4-2-1-3-9(11)12-10(7-19)13(20-18-12)8-5-6-8/h1-4,8,19H,5-7H2. The van der Waals surface area contributed by atoms with Crippen molar-refractivity contribution in [1.29, 1.82) is 0 Å². The summed E-state index contributed by atoms with van der Waals surface area (Å²) >= 11 is 0. The van der Waals surface area contributed by atoms with Gasteiger partial charge in [0.2, 0.25) is 0 Å². The number of nitrogens with zero attached hydrogens (tertiary/aromatic N) is 1. The maximum atomic E-state index is 13.0. The first-order valence-corrected chi connectivity index (χ1v) is 6.28. The number of hydrogen-bond donors (Lipinski definition) is 1. The molecule has 1 aliphatic rings. The van der Waals surface area contributed by atoms with Gasteiger partial charge in [0.1, 0.15) is 11.5 Å². The molecule has 0 saturated heterocycles. The van der Waals surface area contributed by atoms with Gasteiger partial charge in [-0.05, 0) is 18.9 Å². The third kappa shape index (κ3) is 2.20. The van der Waals surface area contributed by atoms with E-state index in [4.69, 9.17) is 4.52 Å². The Labute approximate surface area is 113 Å². The molecule has 1 heterocycles. The van der Waals surface area contributed by atoms with E-state index in [1.807, 2.05) is 0 Å². The van der Waals surface area contributed by atoms with E-state index in [1.165, 1.54) is 18.2 Å². The number of aliphatic hydroxyl groups excluding tert-OH is 1. The number of halogens is 3. The van der Waals surface area contributed by atoms with Crippen LogP contribution in [0.2, 0.25) is 0 Å². The number of alkyl halides is 3. The zero-order chi connectivity index (χ0) is 14.3. The summed E-state index contributed by atoms with van der Waals surface area (Å²) in [5, 5.41) is 13.2. The highest BCUT2D eigenvalue weighted by Crippen LogP contribution is 2.45. The smallest absolute Gasteiger partial charge is 0.391 e. The molecule has 0 bridgehead atoms. The molecule has 2 aromatic rings. The second-order valence-electron chi connectivity index (χ2n) is 4.85. The van der Waals surface area contributed by atoms with Gasteiger partial charge in [0.15, 0.2) is 0 Å². The summed E-state index contributed by atoms with van der Waals surface area (Å²) in [6, 6.07) is 5.18. The molecule has 0 aliphatic heterocycles. The van der Waals surface area contributed by atoms with Crippen molar-refractivity contribution in [2.24, 2.45) is 0 Å². The molecule has 3 rings (SSSR count). The van der Waals surface area contributed by atoms with Crippen molar-refractivity contribution in [3.8, 4) is 11.3 Å². The van der Waals surface area contributed by atoms with Gasteiger partial charge in [-0.15, -0.1) is 0 Å². The Morgan fingerprint density at radius 2 is 1.95 bits per heavy atom. The average molecular weight is 283 g/mol. The van der Waals surface area contributed by atoms with E-state index in [9.17, 15) is 18.3 Å². The molecule has 0 spiro atoms. The minimum absolute atomic E-state index is 0.0558. The van der Waals surface area contributed by atoms with Crippen LogP contribution < -0.4 is 0 Å². The second-order valence-corrected chi connectivity index (χ2v) is 4.85. The van der Waals surface area contributed by atoms with Crippen molar-refractivity contribution in [1.82, 2.24) is 5.16 Å². The molecule has 106 valence electrons. The Bertz CT molecular complexity index is 630. The van der Waals surface area contributed by atoms with Gasteiger partial charge in [-0.3, -0.25) is 0 Å². The molecular formula is C14H12F3NO2. The lowest BCUT2D eigenvalue weighted by molar-refractivity contribution is -0.137. The van der Waals surface area contributed by atoms with Crippen molar-refractivity contribution in [2.45, 2.75) is 31.5 Å². The molecule has 1 aromatic carbocycles. The van der Waals surface area contributed by atoms with E-state index in [0.29, 0.717) is 11.3 Å². The summed E-state index contributed by atoms with van der Waals surface area (Å²) < 4.78 is 44.2. The van der Waals surface area contributed by atoms with E-state index >= 15 is 0 Å². The topological polar surface area (TPSA) is 46.3 Å². The number of aliphatic hydroxyl groups is 1. The maximum absolute atomic E-state index is 13.0. The fourth-order valence-electron chi connectivity index (χ4n) is 2.29. The van der Waals surface area contributed by atoms with Crippen molar-refractivity contribution in [2.75, 3.05) is 0 Å². The first kappa shape index (κ1) is 13.2. The van der Waals surface area contributed by atoms with Gasteiger partial charge >= 0.3 is 6.18 Å². The highest BCUT2D eigenvalue weighted by atomic mass is 19.4. The molecule has 1 fully saturated rings. The van der Waals surface area contributed by atoms with E-state index in [0.717, 1.165) is 18.9 Å². The zero-order valence-corrected chi connectivity index (χ0v) is 10.4. The van der Waals surface area contributed by atoms with Gasteiger partial charge in [0, 0.05) is 17.0 Å². The van der Waals surface area contributed by atoms with E-state index in [2.05, 4.69) is 5.16 Å². The van der Waals surface area contributed by atoms with Crippen LogP contribution in [-0.2, 0) is 12.8 Å². The Kier molecular flexibility index (Phi) is 3.05. The molecule has 6 heteroatoms. The van der Waals surface area contributed by atoms with Crippen LogP contribution in [0.1, 0.15) is 35.6 Å². The van der Waals surface area contributed by atoms with Crippen molar-refractivity contribution in [3.63, 3.8) is 0 Å². The molecule has 0 radical (unpaired) electrons. The lowest BCUT2D eigenvalue weighted by Crippen LogP contribution is -2.07. The number of hydrogen-bond acceptors (Lipinski definition) is 3. The van der Waals surface area contributed by atoms with Gasteiger partial charge in [0.05, 0.1) is 12.2 Å². The summed E-state index contributed by atoms with van der Waals surface area (Å²) in [6.07, 6.45) is -2.63. The fourth-order valence-corrected chi connectivity index (χ4v) is 2.29. The normalized spacial score (nSPS) is 15.6. The molecule has 0 amide bonds. The quantitative estimate of drug-likeness (QED) is 0.933. The Hall–Kier alpha value is -1.82. The van der Waals surface area contributed by atoms with Gasteiger partial charge in [0.25, 0.3) is 0 Å². The average Bonchev–Trinajstić information content (AvgIpc) is 3.17. The number of aromatic nitrogens is 1. The molecule has 0 unspecified atom stereocenters. The summed E-state index contributed by atoms with van der Waals surface area (Å²) in [5.41, 5.74) is -0.378. The minimum atomic E-state index is -4.47. The van der Waals surface area contributed by atoms with Crippen molar-refractivity contribution < 1.29 is 22.8 Å². The number of benzene rings is 1. The van der Waals surface area contributed by atoms with Crippen LogP contribution >= 0.6 is 0 Å². The number of rotatable bonds is 3. The lowest BCUT2D eigenvalue weighted by atomic mass is 9.99.